The van der Waals surface area contributed by atoms with Crippen LogP contribution in [0, 0.1) is 5.82 Å². The molecule has 7 heteroatoms. The van der Waals surface area contributed by atoms with E-state index in [1.807, 2.05) is 0 Å². The molecule has 120 valence electrons. The maximum absolute atomic E-state index is 13.7. The molecule has 0 saturated carbocycles. The molecule has 0 fully saturated rings. The second-order valence-electron chi connectivity index (χ2n) is 4.58. The van der Waals surface area contributed by atoms with Crippen molar-refractivity contribution < 1.29 is 23.5 Å². The molecule has 0 spiro atoms. The first-order valence-corrected chi connectivity index (χ1v) is 6.80. The molecular weight excluding hydrogens is 291 g/mol. The molecule has 22 heavy (non-hydrogen) atoms. The number of rotatable bonds is 7. The van der Waals surface area contributed by atoms with Crippen LogP contribution in [0.25, 0.3) is 0 Å². The van der Waals surface area contributed by atoms with Gasteiger partial charge in [0.15, 0.2) is 0 Å². The van der Waals surface area contributed by atoms with E-state index in [9.17, 15) is 18.8 Å². The van der Waals surface area contributed by atoms with Gasteiger partial charge in [0, 0.05) is 26.6 Å². The Morgan fingerprint density at radius 1 is 1.23 bits per heavy atom. The molecule has 0 aliphatic heterocycles. The van der Waals surface area contributed by atoms with E-state index in [1.54, 1.807) is 6.07 Å². The van der Waals surface area contributed by atoms with Gasteiger partial charge in [-0.15, -0.1) is 0 Å². The number of methoxy groups -OCH3 is 1. The number of hydrogen-bond donors (Lipinski definition) is 1. The second kappa shape index (κ2) is 8.76. The van der Waals surface area contributed by atoms with Gasteiger partial charge in [-0.25, -0.2) is 4.39 Å². The maximum Gasteiger partial charge on any atom is 0.307 e. The Bertz CT molecular complexity index is 548. The fourth-order valence-electron chi connectivity index (χ4n) is 1.82. The van der Waals surface area contributed by atoms with Crippen LogP contribution in [-0.4, -0.2) is 49.4 Å². The number of halogens is 1. The van der Waals surface area contributed by atoms with Crippen LogP contribution >= 0.6 is 0 Å². The monoisotopic (exact) mass is 310 g/mol. The minimum Gasteiger partial charge on any atom is -0.469 e. The molecule has 1 aromatic rings. The van der Waals surface area contributed by atoms with Crippen LogP contribution in [0.4, 0.5) is 4.39 Å². The highest BCUT2D eigenvalue weighted by Gasteiger charge is 2.19. The van der Waals surface area contributed by atoms with Crippen molar-refractivity contribution in [3.8, 4) is 0 Å². The van der Waals surface area contributed by atoms with E-state index in [-0.39, 0.29) is 37.5 Å². The third kappa shape index (κ3) is 5.51. The zero-order valence-corrected chi connectivity index (χ0v) is 12.6. The number of carbonyl (C=O) groups excluding carboxylic acids is 3. The summed E-state index contributed by atoms with van der Waals surface area (Å²) in [6.45, 7) is 1.83. The molecule has 2 amide bonds. The van der Waals surface area contributed by atoms with Crippen LogP contribution in [0.5, 0.6) is 0 Å². The molecule has 1 aromatic carbocycles. The van der Waals surface area contributed by atoms with Gasteiger partial charge in [0.2, 0.25) is 5.91 Å². The van der Waals surface area contributed by atoms with Crippen LogP contribution in [0.15, 0.2) is 24.3 Å². The Balaban J connectivity index is 2.78. The molecule has 6 nitrogen and oxygen atoms in total. The summed E-state index contributed by atoms with van der Waals surface area (Å²) in [5, 5.41) is 2.56. The van der Waals surface area contributed by atoms with Gasteiger partial charge in [0.1, 0.15) is 5.82 Å². The van der Waals surface area contributed by atoms with Gasteiger partial charge in [0.25, 0.3) is 5.91 Å². The van der Waals surface area contributed by atoms with Gasteiger partial charge < -0.3 is 15.0 Å². The fourth-order valence-corrected chi connectivity index (χ4v) is 1.82. The van der Waals surface area contributed by atoms with Crippen molar-refractivity contribution in [3.63, 3.8) is 0 Å². The molecule has 0 aliphatic rings. The first kappa shape index (κ1) is 17.6. The lowest BCUT2D eigenvalue weighted by Crippen LogP contribution is -2.39. The Morgan fingerprint density at radius 2 is 1.91 bits per heavy atom. The number of benzene rings is 1. The van der Waals surface area contributed by atoms with Gasteiger partial charge in [-0.05, 0) is 12.1 Å². The summed E-state index contributed by atoms with van der Waals surface area (Å²) in [5.41, 5.74) is -0.0739. The normalized spacial score (nSPS) is 9.95. The first-order valence-electron chi connectivity index (χ1n) is 6.80. The summed E-state index contributed by atoms with van der Waals surface area (Å²) in [6.07, 6.45) is -0.00321. The third-order valence-corrected chi connectivity index (χ3v) is 2.96. The SMILES string of the molecule is COC(=O)CCN(CCNC(C)=O)C(=O)c1ccccc1F. The summed E-state index contributed by atoms with van der Waals surface area (Å²) in [7, 11) is 1.25. The average molecular weight is 310 g/mol. The zero-order valence-electron chi connectivity index (χ0n) is 12.6. The van der Waals surface area contributed by atoms with Gasteiger partial charge in [-0.1, -0.05) is 12.1 Å². The summed E-state index contributed by atoms with van der Waals surface area (Å²) in [4.78, 5) is 35.8. The van der Waals surface area contributed by atoms with Crippen molar-refractivity contribution in [3.05, 3.63) is 35.6 Å². The molecule has 0 aromatic heterocycles. The van der Waals surface area contributed by atoms with E-state index in [2.05, 4.69) is 10.1 Å². The molecule has 0 saturated heterocycles. The molecule has 0 atom stereocenters. The summed E-state index contributed by atoms with van der Waals surface area (Å²) < 4.78 is 18.2. The van der Waals surface area contributed by atoms with Gasteiger partial charge in [-0.2, -0.15) is 0 Å². The lowest BCUT2D eigenvalue weighted by molar-refractivity contribution is -0.140. The van der Waals surface area contributed by atoms with Crippen LogP contribution in [0.2, 0.25) is 0 Å². The molecule has 0 radical (unpaired) electrons. The number of hydrogen-bond acceptors (Lipinski definition) is 4. The second-order valence-corrected chi connectivity index (χ2v) is 4.58. The standard InChI is InChI=1S/C15H19FN2O4/c1-11(19)17-8-10-18(9-7-14(20)22-2)15(21)12-5-3-4-6-13(12)16/h3-6H,7-10H2,1-2H3,(H,17,19). The molecular formula is C15H19FN2O4. The predicted octanol–water partition coefficient (Wildman–Crippen LogP) is 0.967. The quantitative estimate of drug-likeness (QED) is 0.761. The molecule has 1 N–H and O–H groups in total. The van der Waals surface area contributed by atoms with Crippen LogP contribution in [0.3, 0.4) is 0 Å². The van der Waals surface area contributed by atoms with E-state index in [1.165, 1.54) is 37.1 Å². The van der Waals surface area contributed by atoms with Crippen molar-refractivity contribution in [2.45, 2.75) is 13.3 Å². The van der Waals surface area contributed by atoms with Crippen molar-refractivity contribution in [1.82, 2.24) is 10.2 Å². The van der Waals surface area contributed by atoms with Crippen molar-refractivity contribution in [2.24, 2.45) is 0 Å². The van der Waals surface area contributed by atoms with Crippen molar-refractivity contribution in [1.29, 1.82) is 0 Å². The van der Waals surface area contributed by atoms with Crippen LogP contribution in [0.1, 0.15) is 23.7 Å². The van der Waals surface area contributed by atoms with E-state index in [0.717, 1.165) is 0 Å². The Hall–Kier alpha value is -2.44. The Kier molecular flexibility index (Phi) is 7.01. The highest BCUT2D eigenvalue weighted by molar-refractivity contribution is 5.94. The van der Waals surface area contributed by atoms with Crippen LogP contribution < -0.4 is 5.32 Å². The van der Waals surface area contributed by atoms with Crippen molar-refractivity contribution >= 4 is 17.8 Å². The first-order chi connectivity index (χ1) is 10.5. The molecule has 0 unspecified atom stereocenters. The highest BCUT2D eigenvalue weighted by Crippen LogP contribution is 2.10. The van der Waals surface area contributed by atoms with E-state index >= 15 is 0 Å². The molecule has 0 bridgehead atoms. The minimum atomic E-state index is -0.630. The van der Waals surface area contributed by atoms with Crippen molar-refractivity contribution in [2.75, 3.05) is 26.7 Å². The zero-order chi connectivity index (χ0) is 16.5. The smallest absolute Gasteiger partial charge is 0.307 e. The average Bonchev–Trinajstić information content (AvgIpc) is 2.49. The van der Waals surface area contributed by atoms with E-state index in [0.29, 0.717) is 0 Å². The number of nitrogens with one attached hydrogen (secondary N) is 1. The highest BCUT2D eigenvalue weighted by atomic mass is 19.1. The largest absolute Gasteiger partial charge is 0.469 e. The lowest BCUT2D eigenvalue weighted by atomic mass is 10.1. The van der Waals surface area contributed by atoms with Gasteiger partial charge >= 0.3 is 5.97 Å². The third-order valence-electron chi connectivity index (χ3n) is 2.96. The number of carbonyl (C=O) groups is 3. The number of esters is 1. The van der Waals surface area contributed by atoms with Crippen LogP contribution in [-0.2, 0) is 14.3 Å². The maximum atomic E-state index is 13.7. The van der Waals surface area contributed by atoms with E-state index in [4.69, 9.17) is 0 Å². The summed E-state index contributed by atoms with van der Waals surface area (Å²) in [6, 6.07) is 5.62. The predicted molar refractivity (Wildman–Crippen MR) is 77.6 cm³/mol. The lowest BCUT2D eigenvalue weighted by Gasteiger charge is -2.22. The molecule has 0 heterocycles. The van der Waals surface area contributed by atoms with Gasteiger partial charge in [0.05, 0.1) is 19.1 Å². The van der Waals surface area contributed by atoms with Gasteiger partial charge in [-0.3, -0.25) is 14.4 Å². The topological polar surface area (TPSA) is 75.7 Å². The minimum absolute atomic E-state index is 0.00321. The molecule has 1 rings (SSSR count). The fraction of sp³-hybridized carbons (Fsp3) is 0.400. The number of nitrogens with zero attached hydrogens (tertiary/aromatic N) is 1. The Labute approximate surface area is 128 Å². The number of amides is 2. The Morgan fingerprint density at radius 3 is 2.50 bits per heavy atom. The summed E-state index contributed by atoms with van der Waals surface area (Å²) >= 11 is 0. The number of ether oxygens (including phenoxy) is 1. The molecule has 0 aliphatic carbocycles. The van der Waals surface area contributed by atoms with E-state index < -0.39 is 17.7 Å². The summed E-state index contributed by atoms with van der Waals surface area (Å²) in [5.74, 6) is -1.86.